The number of hydrogen-bond acceptors (Lipinski definition) is 6. The van der Waals surface area contributed by atoms with Crippen LogP contribution in [0.15, 0.2) is 18.2 Å². The zero-order valence-corrected chi connectivity index (χ0v) is 18.3. The molecule has 9 heteroatoms. The molecule has 2 aliphatic rings. The highest BCUT2D eigenvalue weighted by atomic mass is 35.5. The Morgan fingerprint density at radius 1 is 1.20 bits per heavy atom. The maximum atomic E-state index is 12.8. The van der Waals surface area contributed by atoms with Crippen molar-refractivity contribution >= 4 is 24.0 Å². The Bertz CT molecular complexity index is 860. The van der Waals surface area contributed by atoms with Crippen molar-refractivity contribution < 1.29 is 14.3 Å². The lowest BCUT2D eigenvalue weighted by Gasteiger charge is -2.24. The van der Waals surface area contributed by atoms with Crippen LogP contribution in [0.4, 0.5) is 5.69 Å². The standard InChI is InChI=1S/C21H29N5O3.ClH/c1-14-13-16(3-4-19(14)29-18-7-11-28-12-8-18)23-21(27)20-15(2)26(25-24-20)17-5-9-22-10-6-17;/h3-4,13,17-18,22H,5-12H2,1-2H3,(H,23,27);1H. The van der Waals surface area contributed by atoms with Crippen LogP contribution in [0.25, 0.3) is 0 Å². The summed E-state index contributed by atoms with van der Waals surface area (Å²) in [6, 6.07) is 6.01. The van der Waals surface area contributed by atoms with Crippen molar-refractivity contribution in [2.24, 2.45) is 0 Å². The van der Waals surface area contributed by atoms with Crippen molar-refractivity contribution in [1.29, 1.82) is 0 Å². The van der Waals surface area contributed by atoms with Gasteiger partial charge >= 0.3 is 0 Å². The maximum absolute atomic E-state index is 12.8. The van der Waals surface area contributed by atoms with Crippen molar-refractivity contribution in [3.63, 3.8) is 0 Å². The Hall–Kier alpha value is -2.16. The van der Waals surface area contributed by atoms with Gasteiger partial charge in [-0.15, -0.1) is 17.5 Å². The summed E-state index contributed by atoms with van der Waals surface area (Å²) in [5.41, 5.74) is 2.90. The predicted octanol–water partition coefficient (Wildman–Crippen LogP) is 3.05. The fraction of sp³-hybridized carbons (Fsp3) is 0.571. The fourth-order valence-corrected chi connectivity index (χ4v) is 3.97. The van der Waals surface area contributed by atoms with Gasteiger partial charge in [-0.2, -0.15) is 0 Å². The average molecular weight is 436 g/mol. The summed E-state index contributed by atoms with van der Waals surface area (Å²) >= 11 is 0. The monoisotopic (exact) mass is 435 g/mol. The van der Waals surface area contributed by atoms with Crippen LogP contribution in [0.2, 0.25) is 0 Å². The Kier molecular flexibility index (Phi) is 7.69. The molecule has 0 aliphatic carbocycles. The number of benzene rings is 1. The molecular formula is C21H30ClN5O3. The molecule has 0 saturated carbocycles. The van der Waals surface area contributed by atoms with Crippen molar-refractivity contribution in [3.8, 4) is 5.75 Å². The van der Waals surface area contributed by atoms with Gasteiger partial charge in [-0.1, -0.05) is 5.21 Å². The molecule has 0 spiro atoms. The van der Waals surface area contributed by atoms with Gasteiger partial charge < -0.3 is 20.1 Å². The highest BCUT2D eigenvalue weighted by molar-refractivity contribution is 6.03. The third-order valence-corrected chi connectivity index (χ3v) is 5.69. The summed E-state index contributed by atoms with van der Waals surface area (Å²) in [6.07, 6.45) is 4.00. The van der Waals surface area contributed by atoms with E-state index in [-0.39, 0.29) is 24.4 Å². The number of carbonyl (C=O) groups excluding carboxylic acids is 1. The Labute approximate surface area is 183 Å². The molecule has 0 radical (unpaired) electrons. The van der Waals surface area contributed by atoms with Gasteiger partial charge in [-0.05, 0) is 63.5 Å². The minimum absolute atomic E-state index is 0. The lowest BCUT2D eigenvalue weighted by molar-refractivity contribution is 0.0253. The van der Waals surface area contributed by atoms with Crippen molar-refractivity contribution in [2.45, 2.75) is 51.7 Å². The van der Waals surface area contributed by atoms with Crippen LogP contribution in [0.1, 0.15) is 53.5 Å². The third kappa shape index (κ3) is 5.11. The molecular weight excluding hydrogens is 406 g/mol. The van der Waals surface area contributed by atoms with Crippen LogP contribution in [-0.2, 0) is 4.74 Å². The summed E-state index contributed by atoms with van der Waals surface area (Å²) in [4.78, 5) is 12.8. The van der Waals surface area contributed by atoms with Gasteiger partial charge in [0.05, 0.1) is 24.9 Å². The molecule has 30 heavy (non-hydrogen) atoms. The second-order valence-corrected chi connectivity index (χ2v) is 7.81. The first-order chi connectivity index (χ1) is 14.1. The number of halogens is 1. The number of aryl methyl sites for hydroxylation is 1. The van der Waals surface area contributed by atoms with Crippen molar-refractivity contribution in [2.75, 3.05) is 31.6 Å². The summed E-state index contributed by atoms with van der Waals surface area (Å²) in [7, 11) is 0. The molecule has 0 bridgehead atoms. The molecule has 8 nitrogen and oxygen atoms in total. The van der Waals surface area contributed by atoms with E-state index in [1.165, 1.54) is 0 Å². The minimum Gasteiger partial charge on any atom is -0.490 e. The number of amides is 1. The number of nitrogens with one attached hydrogen (secondary N) is 2. The van der Waals surface area contributed by atoms with E-state index in [4.69, 9.17) is 9.47 Å². The van der Waals surface area contributed by atoms with Crippen LogP contribution >= 0.6 is 12.4 Å². The van der Waals surface area contributed by atoms with Crippen molar-refractivity contribution in [1.82, 2.24) is 20.3 Å². The van der Waals surface area contributed by atoms with Gasteiger partial charge in [-0.3, -0.25) is 4.79 Å². The number of anilines is 1. The summed E-state index contributed by atoms with van der Waals surface area (Å²) in [5, 5.41) is 14.7. The van der Waals surface area contributed by atoms with Gasteiger partial charge in [-0.25, -0.2) is 4.68 Å². The van der Waals surface area contributed by atoms with E-state index >= 15 is 0 Å². The molecule has 2 aromatic rings. The third-order valence-electron chi connectivity index (χ3n) is 5.69. The molecule has 1 aromatic heterocycles. The van der Waals surface area contributed by atoms with Crippen molar-refractivity contribution in [3.05, 3.63) is 35.2 Å². The van der Waals surface area contributed by atoms with Gasteiger partial charge in [0.15, 0.2) is 5.69 Å². The number of carbonyl (C=O) groups is 1. The van der Waals surface area contributed by atoms with E-state index in [1.807, 2.05) is 36.7 Å². The largest absolute Gasteiger partial charge is 0.490 e. The van der Waals surface area contributed by atoms with E-state index in [2.05, 4.69) is 20.9 Å². The number of aromatic nitrogens is 3. The number of nitrogens with zero attached hydrogens (tertiary/aromatic N) is 3. The second kappa shape index (κ2) is 10.2. The SMILES string of the molecule is Cc1cc(NC(=O)c2nnn(C3CCNCC3)c2C)ccc1OC1CCOCC1.Cl. The molecule has 0 unspecified atom stereocenters. The number of piperidine rings is 1. The lowest BCUT2D eigenvalue weighted by atomic mass is 10.1. The normalized spacial score (nSPS) is 17.9. The Morgan fingerprint density at radius 3 is 2.63 bits per heavy atom. The van der Waals surface area contributed by atoms with Gasteiger partial charge in [0.2, 0.25) is 0 Å². The molecule has 2 aliphatic heterocycles. The number of hydrogen-bond donors (Lipinski definition) is 2. The molecule has 1 aromatic carbocycles. The first kappa shape index (κ1) is 22.5. The van der Waals surface area contributed by atoms with Gasteiger partial charge in [0, 0.05) is 18.5 Å². The molecule has 4 rings (SSSR count). The van der Waals surface area contributed by atoms with E-state index in [0.717, 1.165) is 74.7 Å². The predicted molar refractivity (Wildman–Crippen MR) is 117 cm³/mol. The van der Waals surface area contributed by atoms with Crippen LogP contribution in [0.5, 0.6) is 5.75 Å². The topological polar surface area (TPSA) is 90.3 Å². The number of rotatable bonds is 5. The van der Waals surface area contributed by atoms with E-state index in [1.54, 1.807) is 0 Å². The summed E-state index contributed by atoms with van der Waals surface area (Å²) in [5.74, 6) is 0.614. The van der Waals surface area contributed by atoms with Gasteiger partial charge in [0.1, 0.15) is 11.9 Å². The van der Waals surface area contributed by atoms with Crippen LogP contribution in [0.3, 0.4) is 0 Å². The van der Waals surface area contributed by atoms with E-state index in [9.17, 15) is 4.79 Å². The molecule has 3 heterocycles. The lowest BCUT2D eigenvalue weighted by Crippen LogP contribution is -2.30. The molecule has 164 valence electrons. The van der Waals surface area contributed by atoms with E-state index in [0.29, 0.717) is 11.7 Å². The number of ether oxygens (including phenoxy) is 2. The van der Waals surface area contributed by atoms with E-state index < -0.39 is 0 Å². The zero-order valence-electron chi connectivity index (χ0n) is 17.5. The quantitative estimate of drug-likeness (QED) is 0.750. The maximum Gasteiger partial charge on any atom is 0.278 e. The first-order valence-electron chi connectivity index (χ1n) is 10.4. The second-order valence-electron chi connectivity index (χ2n) is 7.81. The molecule has 2 N–H and O–H groups in total. The van der Waals surface area contributed by atoms with Crippen LogP contribution < -0.4 is 15.4 Å². The first-order valence-corrected chi connectivity index (χ1v) is 10.4. The van der Waals surface area contributed by atoms with Crippen LogP contribution in [0, 0.1) is 13.8 Å². The average Bonchev–Trinajstić information content (AvgIpc) is 3.13. The van der Waals surface area contributed by atoms with Gasteiger partial charge in [0.25, 0.3) is 5.91 Å². The van der Waals surface area contributed by atoms with Crippen LogP contribution in [-0.4, -0.2) is 53.3 Å². The molecule has 2 saturated heterocycles. The smallest absolute Gasteiger partial charge is 0.278 e. The Balaban J connectivity index is 0.00000256. The highest BCUT2D eigenvalue weighted by Crippen LogP contribution is 2.26. The molecule has 1 amide bonds. The Morgan fingerprint density at radius 2 is 1.93 bits per heavy atom. The summed E-state index contributed by atoms with van der Waals surface area (Å²) in [6.45, 7) is 7.32. The summed E-state index contributed by atoms with van der Waals surface area (Å²) < 4.78 is 13.4. The minimum atomic E-state index is -0.236. The highest BCUT2D eigenvalue weighted by Gasteiger charge is 2.23. The zero-order chi connectivity index (χ0) is 20.2. The molecule has 2 fully saturated rings. The molecule has 0 atom stereocenters. The fourth-order valence-electron chi connectivity index (χ4n) is 3.97.